The second kappa shape index (κ2) is 7.87. The number of amides is 1. The first kappa shape index (κ1) is 19.0. The van der Waals surface area contributed by atoms with Gasteiger partial charge in [-0.05, 0) is 18.2 Å². The zero-order valence-electron chi connectivity index (χ0n) is 15.6. The van der Waals surface area contributed by atoms with Crippen molar-refractivity contribution >= 4 is 16.9 Å². The molecule has 0 saturated carbocycles. The Kier molecular flexibility index (Phi) is 5.35. The maximum Gasteiger partial charge on any atom is 0.413 e. The highest BCUT2D eigenvalue weighted by atomic mass is 16.6. The molecule has 3 aromatic rings. The van der Waals surface area contributed by atoms with Gasteiger partial charge in [-0.15, -0.1) is 0 Å². The van der Waals surface area contributed by atoms with Gasteiger partial charge in [-0.25, -0.2) is 9.78 Å². The van der Waals surface area contributed by atoms with Crippen molar-refractivity contribution in [1.29, 1.82) is 0 Å². The van der Waals surface area contributed by atoms with E-state index in [4.69, 9.17) is 14.2 Å². The average Bonchev–Trinajstić information content (AvgIpc) is 2.72. The molecule has 0 aliphatic carbocycles. The maximum absolute atomic E-state index is 12.8. The molecular weight excluding hydrogens is 366 g/mol. The van der Waals surface area contributed by atoms with Crippen molar-refractivity contribution in [1.82, 2.24) is 14.9 Å². The Hall–Kier alpha value is -3.75. The summed E-state index contributed by atoms with van der Waals surface area (Å²) >= 11 is 0. The third-order valence-corrected chi connectivity index (χ3v) is 4.20. The zero-order valence-corrected chi connectivity index (χ0v) is 15.6. The van der Waals surface area contributed by atoms with Gasteiger partial charge in [-0.1, -0.05) is 0 Å². The van der Waals surface area contributed by atoms with Crippen molar-refractivity contribution in [3.05, 3.63) is 52.6 Å². The van der Waals surface area contributed by atoms with Crippen LogP contribution in [0.25, 0.3) is 10.8 Å². The van der Waals surface area contributed by atoms with Crippen LogP contribution >= 0.6 is 0 Å². The Labute approximate surface area is 160 Å². The quantitative estimate of drug-likeness (QED) is 0.690. The highest BCUT2D eigenvalue weighted by Gasteiger charge is 2.16. The number of carbonyl (C=O) groups is 1. The summed E-state index contributed by atoms with van der Waals surface area (Å²) in [7, 11) is 4.48. The van der Waals surface area contributed by atoms with Gasteiger partial charge < -0.3 is 29.2 Å². The topological polar surface area (TPSA) is 112 Å². The SMILES string of the molecule is CNC(=O)Oc1ncc2c(=O)n(Cc3ccc(OC)cc3OC)ccc2c1O. The lowest BCUT2D eigenvalue weighted by atomic mass is 10.1. The van der Waals surface area contributed by atoms with Crippen LogP contribution in [0.3, 0.4) is 0 Å². The van der Waals surface area contributed by atoms with E-state index in [2.05, 4.69) is 10.3 Å². The molecule has 0 spiro atoms. The van der Waals surface area contributed by atoms with Crippen LogP contribution in [0.15, 0.2) is 41.5 Å². The Morgan fingerprint density at radius 1 is 1.21 bits per heavy atom. The minimum Gasteiger partial charge on any atom is -0.503 e. The van der Waals surface area contributed by atoms with Crippen molar-refractivity contribution in [2.24, 2.45) is 0 Å². The lowest BCUT2D eigenvalue weighted by Crippen LogP contribution is -2.23. The van der Waals surface area contributed by atoms with E-state index in [1.54, 1.807) is 25.3 Å². The summed E-state index contributed by atoms with van der Waals surface area (Å²) in [6.45, 7) is 0.249. The monoisotopic (exact) mass is 385 g/mol. The van der Waals surface area contributed by atoms with Gasteiger partial charge in [-0.2, -0.15) is 0 Å². The maximum atomic E-state index is 12.8. The molecule has 9 nitrogen and oxygen atoms in total. The summed E-state index contributed by atoms with van der Waals surface area (Å²) in [6.07, 6.45) is 2.02. The van der Waals surface area contributed by atoms with Gasteiger partial charge in [0.15, 0.2) is 5.75 Å². The van der Waals surface area contributed by atoms with E-state index in [-0.39, 0.29) is 34.5 Å². The second-order valence-electron chi connectivity index (χ2n) is 5.81. The molecule has 2 N–H and O–H groups in total. The number of methoxy groups -OCH3 is 2. The number of aromatic nitrogens is 2. The third-order valence-electron chi connectivity index (χ3n) is 4.20. The fourth-order valence-corrected chi connectivity index (χ4v) is 2.73. The predicted molar refractivity (Wildman–Crippen MR) is 101 cm³/mol. The van der Waals surface area contributed by atoms with Crippen molar-refractivity contribution in [3.63, 3.8) is 0 Å². The number of hydrogen-bond acceptors (Lipinski definition) is 7. The molecule has 0 unspecified atom stereocenters. The molecule has 2 heterocycles. The van der Waals surface area contributed by atoms with Gasteiger partial charge in [0.25, 0.3) is 11.4 Å². The van der Waals surface area contributed by atoms with Gasteiger partial charge >= 0.3 is 6.09 Å². The highest BCUT2D eigenvalue weighted by Crippen LogP contribution is 2.31. The molecule has 28 heavy (non-hydrogen) atoms. The first-order valence-electron chi connectivity index (χ1n) is 8.30. The van der Waals surface area contributed by atoms with Gasteiger partial charge in [0.1, 0.15) is 11.5 Å². The van der Waals surface area contributed by atoms with Crippen molar-refractivity contribution in [3.8, 4) is 23.1 Å². The van der Waals surface area contributed by atoms with E-state index in [1.807, 2.05) is 6.07 Å². The molecule has 0 saturated heterocycles. The van der Waals surface area contributed by atoms with E-state index >= 15 is 0 Å². The molecule has 0 radical (unpaired) electrons. The molecule has 0 aliphatic rings. The van der Waals surface area contributed by atoms with E-state index < -0.39 is 6.09 Å². The van der Waals surface area contributed by atoms with Gasteiger partial charge in [0.2, 0.25) is 0 Å². The summed E-state index contributed by atoms with van der Waals surface area (Å²) in [6, 6.07) is 6.88. The van der Waals surface area contributed by atoms with Crippen molar-refractivity contribution < 1.29 is 24.1 Å². The fraction of sp³-hybridized carbons (Fsp3) is 0.211. The van der Waals surface area contributed by atoms with Gasteiger partial charge in [-0.3, -0.25) is 4.79 Å². The summed E-state index contributed by atoms with van der Waals surface area (Å²) in [5, 5.41) is 13.0. The lowest BCUT2D eigenvalue weighted by Gasteiger charge is -2.13. The molecule has 3 rings (SSSR count). The van der Waals surface area contributed by atoms with E-state index in [9.17, 15) is 14.7 Å². The van der Waals surface area contributed by atoms with Crippen LogP contribution in [-0.4, -0.2) is 42.0 Å². The van der Waals surface area contributed by atoms with Crippen molar-refractivity contribution in [2.75, 3.05) is 21.3 Å². The number of fused-ring (bicyclic) bond motifs is 1. The first-order chi connectivity index (χ1) is 13.5. The molecule has 2 aromatic heterocycles. The Morgan fingerprint density at radius 3 is 2.68 bits per heavy atom. The Bertz CT molecular complexity index is 1090. The minimum absolute atomic E-state index is 0.191. The molecule has 9 heteroatoms. The fourth-order valence-electron chi connectivity index (χ4n) is 2.73. The summed E-state index contributed by atoms with van der Waals surface area (Å²) in [5.41, 5.74) is 0.422. The molecule has 1 aromatic carbocycles. The van der Waals surface area contributed by atoms with Crippen LogP contribution in [0.1, 0.15) is 5.56 Å². The number of ether oxygens (including phenoxy) is 3. The summed E-state index contributed by atoms with van der Waals surface area (Å²) in [4.78, 5) is 28.0. The molecule has 1 amide bonds. The van der Waals surface area contributed by atoms with Crippen LogP contribution in [0.4, 0.5) is 4.79 Å². The predicted octanol–water partition coefficient (Wildman–Crippen LogP) is 1.89. The Morgan fingerprint density at radius 2 is 2.00 bits per heavy atom. The smallest absolute Gasteiger partial charge is 0.413 e. The van der Waals surface area contributed by atoms with Crippen LogP contribution in [0, 0.1) is 0 Å². The molecule has 0 aliphatic heterocycles. The Balaban J connectivity index is 2.00. The number of hydrogen-bond donors (Lipinski definition) is 2. The average molecular weight is 385 g/mol. The highest BCUT2D eigenvalue weighted by molar-refractivity contribution is 5.88. The van der Waals surface area contributed by atoms with Crippen molar-refractivity contribution in [2.45, 2.75) is 6.54 Å². The number of nitrogens with one attached hydrogen (secondary N) is 1. The summed E-state index contributed by atoms with van der Waals surface area (Å²) in [5.74, 6) is 0.569. The lowest BCUT2D eigenvalue weighted by molar-refractivity contribution is 0.199. The number of nitrogens with zero attached hydrogens (tertiary/aromatic N) is 2. The van der Waals surface area contributed by atoms with Crippen LogP contribution < -0.4 is 25.1 Å². The molecular formula is C19H19N3O6. The van der Waals surface area contributed by atoms with E-state index in [0.717, 1.165) is 5.56 Å². The van der Waals surface area contributed by atoms with Crippen LogP contribution in [-0.2, 0) is 6.54 Å². The van der Waals surface area contributed by atoms with Gasteiger partial charge in [0.05, 0.1) is 26.2 Å². The number of rotatable bonds is 5. The third kappa shape index (κ3) is 3.54. The van der Waals surface area contributed by atoms with Gasteiger partial charge in [0, 0.05) is 36.5 Å². The number of benzene rings is 1. The zero-order chi connectivity index (χ0) is 20.3. The second-order valence-corrected chi connectivity index (χ2v) is 5.81. The van der Waals surface area contributed by atoms with E-state index in [1.165, 1.54) is 31.1 Å². The number of carbonyl (C=O) groups excluding carboxylic acids is 1. The first-order valence-corrected chi connectivity index (χ1v) is 8.30. The molecule has 0 bridgehead atoms. The number of pyridine rings is 2. The molecule has 0 fully saturated rings. The van der Waals surface area contributed by atoms with Crippen LogP contribution in [0.2, 0.25) is 0 Å². The number of aromatic hydroxyl groups is 1. The van der Waals surface area contributed by atoms with Crippen LogP contribution in [0.5, 0.6) is 23.1 Å². The van der Waals surface area contributed by atoms with E-state index in [0.29, 0.717) is 11.5 Å². The standard InChI is InChI=1S/C19H19N3O6/c1-20-19(25)28-17-16(23)13-6-7-22(18(24)14(13)9-21-17)10-11-4-5-12(26-2)8-15(11)27-3/h4-9,23H,10H2,1-3H3,(H,20,25). The molecule has 146 valence electrons. The summed E-state index contributed by atoms with van der Waals surface area (Å²) < 4.78 is 16.9. The minimum atomic E-state index is -0.776. The molecule has 0 atom stereocenters. The normalized spacial score (nSPS) is 10.5. The largest absolute Gasteiger partial charge is 0.503 e.